The van der Waals surface area contributed by atoms with Gasteiger partial charge in [0.05, 0.1) is 24.6 Å². The fourth-order valence-corrected chi connectivity index (χ4v) is 1.43. The molecule has 0 atom stereocenters. The predicted molar refractivity (Wildman–Crippen MR) is 68.2 cm³/mol. The van der Waals surface area contributed by atoms with Crippen LogP contribution in [0, 0.1) is 0 Å². The van der Waals surface area contributed by atoms with Gasteiger partial charge in [-0.25, -0.2) is 0 Å². The standard InChI is InChI=1S/C6H8N2.C6H13NO/c7-5-3-1-2-4-6(5)8;1-2-7-3-5-8-6-4-7/h1-4H,7-8H2;2-6H2,1H3. The van der Waals surface area contributed by atoms with Gasteiger partial charge < -0.3 is 16.2 Å². The minimum atomic E-state index is 0.646. The van der Waals surface area contributed by atoms with Crippen LogP contribution in [-0.4, -0.2) is 37.7 Å². The molecule has 1 aliphatic heterocycles. The molecule has 1 aromatic rings. The summed E-state index contributed by atoms with van der Waals surface area (Å²) < 4.78 is 5.16. The van der Waals surface area contributed by atoms with Gasteiger partial charge in [-0.1, -0.05) is 19.1 Å². The van der Waals surface area contributed by atoms with Gasteiger partial charge in [-0.3, -0.25) is 4.90 Å². The van der Waals surface area contributed by atoms with Gasteiger partial charge in [-0.05, 0) is 18.7 Å². The number of hydrogen-bond donors (Lipinski definition) is 2. The summed E-state index contributed by atoms with van der Waals surface area (Å²) in [6.07, 6.45) is 0. The molecule has 0 radical (unpaired) electrons. The van der Waals surface area contributed by atoms with Crippen molar-refractivity contribution < 1.29 is 4.74 Å². The Morgan fingerprint density at radius 3 is 1.94 bits per heavy atom. The number of rotatable bonds is 1. The van der Waals surface area contributed by atoms with Crippen LogP contribution in [0.15, 0.2) is 24.3 Å². The van der Waals surface area contributed by atoms with Crippen LogP contribution in [0.2, 0.25) is 0 Å². The third-order valence-electron chi connectivity index (χ3n) is 2.55. The third kappa shape index (κ3) is 4.51. The topological polar surface area (TPSA) is 64.5 Å². The van der Waals surface area contributed by atoms with E-state index in [1.165, 1.54) is 6.54 Å². The molecule has 1 saturated heterocycles. The lowest BCUT2D eigenvalue weighted by molar-refractivity contribution is 0.0405. The van der Waals surface area contributed by atoms with Crippen molar-refractivity contribution in [3.63, 3.8) is 0 Å². The zero-order valence-electron chi connectivity index (χ0n) is 9.86. The number of nitrogen functional groups attached to an aromatic ring is 2. The SMILES string of the molecule is CCN1CCOCC1.Nc1ccccc1N. The number of anilines is 2. The minimum absolute atomic E-state index is 0.646. The molecule has 1 fully saturated rings. The second-order valence-corrected chi connectivity index (χ2v) is 3.68. The molecule has 1 heterocycles. The molecule has 90 valence electrons. The molecular formula is C12H21N3O. The maximum Gasteiger partial charge on any atom is 0.0594 e. The number of para-hydroxylation sites is 2. The van der Waals surface area contributed by atoms with Gasteiger partial charge in [0.25, 0.3) is 0 Å². The van der Waals surface area contributed by atoms with Crippen LogP contribution >= 0.6 is 0 Å². The first kappa shape index (κ1) is 12.8. The van der Waals surface area contributed by atoms with Gasteiger partial charge in [0.1, 0.15) is 0 Å². The molecule has 0 saturated carbocycles. The number of likely N-dealkylation sites (N-methyl/N-ethyl adjacent to an activating group) is 1. The van der Waals surface area contributed by atoms with Crippen molar-refractivity contribution in [2.24, 2.45) is 0 Å². The van der Waals surface area contributed by atoms with Crippen molar-refractivity contribution >= 4 is 11.4 Å². The number of benzene rings is 1. The highest BCUT2D eigenvalue weighted by Gasteiger charge is 2.05. The summed E-state index contributed by atoms with van der Waals surface area (Å²) in [4.78, 5) is 2.39. The summed E-state index contributed by atoms with van der Waals surface area (Å²) in [5, 5.41) is 0. The zero-order chi connectivity index (χ0) is 11.8. The van der Waals surface area contributed by atoms with Crippen LogP contribution < -0.4 is 11.5 Å². The highest BCUT2D eigenvalue weighted by molar-refractivity contribution is 5.62. The van der Waals surface area contributed by atoms with Gasteiger partial charge in [-0.15, -0.1) is 0 Å². The Morgan fingerprint density at radius 1 is 1.12 bits per heavy atom. The maximum absolute atomic E-state index is 5.39. The summed E-state index contributed by atoms with van der Waals surface area (Å²) >= 11 is 0. The van der Waals surface area contributed by atoms with E-state index in [-0.39, 0.29) is 0 Å². The van der Waals surface area contributed by atoms with Crippen molar-refractivity contribution in [2.75, 3.05) is 44.3 Å². The highest BCUT2D eigenvalue weighted by atomic mass is 16.5. The van der Waals surface area contributed by atoms with Crippen molar-refractivity contribution in [1.82, 2.24) is 4.90 Å². The van der Waals surface area contributed by atoms with Crippen LogP contribution in [0.5, 0.6) is 0 Å². The summed E-state index contributed by atoms with van der Waals surface area (Å²) in [5.74, 6) is 0. The molecular weight excluding hydrogens is 202 g/mol. The van der Waals surface area contributed by atoms with E-state index in [9.17, 15) is 0 Å². The van der Waals surface area contributed by atoms with Crippen molar-refractivity contribution in [3.05, 3.63) is 24.3 Å². The second kappa shape index (κ2) is 7.09. The van der Waals surface area contributed by atoms with Crippen LogP contribution in [0.4, 0.5) is 11.4 Å². The Balaban J connectivity index is 0.000000160. The number of morpholine rings is 1. The van der Waals surface area contributed by atoms with Gasteiger partial charge in [-0.2, -0.15) is 0 Å². The van der Waals surface area contributed by atoms with Gasteiger partial charge >= 0.3 is 0 Å². The number of ether oxygens (including phenoxy) is 1. The number of nitrogens with zero attached hydrogens (tertiary/aromatic N) is 1. The van der Waals surface area contributed by atoms with E-state index in [4.69, 9.17) is 16.2 Å². The first-order valence-corrected chi connectivity index (χ1v) is 5.64. The summed E-state index contributed by atoms with van der Waals surface area (Å²) in [5.41, 5.74) is 12.1. The largest absolute Gasteiger partial charge is 0.397 e. The Hall–Kier alpha value is -1.26. The smallest absolute Gasteiger partial charge is 0.0594 e. The van der Waals surface area contributed by atoms with Crippen molar-refractivity contribution in [3.8, 4) is 0 Å². The van der Waals surface area contributed by atoms with E-state index in [0.29, 0.717) is 11.4 Å². The van der Waals surface area contributed by atoms with Gasteiger partial charge in [0.2, 0.25) is 0 Å². The third-order valence-corrected chi connectivity index (χ3v) is 2.55. The molecule has 16 heavy (non-hydrogen) atoms. The number of nitrogens with two attached hydrogens (primary N) is 2. The zero-order valence-corrected chi connectivity index (χ0v) is 9.86. The van der Waals surface area contributed by atoms with E-state index in [1.54, 1.807) is 12.1 Å². The molecule has 0 amide bonds. The average molecular weight is 223 g/mol. The maximum atomic E-state index is 5.39. The monoisotopic (exact) mass is 223 g/mol. The van der Waals surface area contributed by atoms with Crippen LogP contribution in [0.3, 0.4) is 0 Å². The quantitative estimate of drug-likeness (QED) is 0.702. The lowest BCUT2D eigenvalue weighted by Crippen LogP contribution is -2.35. The lowest BCUT2D eigenvalue weighted by atomic mass is 10.3. The highest BCUT2D eigenvalue weighted by Crippen LogP contribution is 2.10. The molecule has 0 spiro atoms. The van der Waals surface area contributed by atoms with Crippen LogP contribution in [-0.2, 0) is 4.74 Å². The van der Waals surface area contributed by atoms with Gasteiger partial charge in [0.15, 0.2) is 0 Å². The van der Waals surface area contributed by atoms with Crippen LogP contribution in [0.25, 0.3) is 0 Å². The normalized spacial score (nSPS) is 16.3. The fraction of sp³-hybridized carbons (Fsp3) is 0.500. The number of hydrogen-bond acceptors (Lipinski definition) is 4. The van der Waals surface area contributed by atoms with Crippen molar-refractivity contribution in [1.29, 1.82) is 0 Å². The Morgan fingerprint density at radius 2 is 1.62 bits per heavy atom. The van der Waals surface area contributed by atoms with Gasteiger partial charge in [0, 0.05) is 13.1 Å². The molecule has 4 heteroatoms. The predicted octanol–water partition coefficient (Wildman–Crippen LogP) is 1.19. The second-order valence-electron chi connectivity index (χ2n) is 3.68. The molecule has 0 unspecified atom stereocenters. The van der Waals surface area contributed by atoms with E-state index < -0.39 is 0 Å². The molecule has 0 aromatic heterocycles. The molecule has 1 aromatic carbocycles. The Labute approximate surface area is 97.2 Å². The Bertz CT molecular complexity index is 277. The first-order chi connectivity index (χ1) is 7.74. The molecule has 0 bridgehead atoms. The molecule has 1 aliphatic rings. The average Bonchev–Trinajstić information content (AvgIpc) is 2.35. The molecule has 4 nitrogen and oxygen atoms in total. The van der Waals surface area contributed by atoms with E-state index in [2.05, 4.69) is 11.8 Å². The van der Waals surface area contributed by atoms with E-state index >= 15 is 0 Å². The van der Waals surface area contributed by atoms with Crippen molar-refractivity contribution in [2.45, 2.75) is 6.92 Å². The molecule has 0 aliphatic carbocycles. The van der Waals surface area contributed by atoms with E-state index in [1.807, 2.05) is 12.1 Å². The Kier molecular flexibility index (Phi) is 5.67. The molecule has 4 N–H and O–H groups in total. The summed E-state index contributed by atoms with van der Waals surface area (Å²) in [7, 11) is 0. The first-order valence-electron chi connectivity index (χ1n) is 5.64. The van der Waals surface area contributed by atoms with E-state index in [0.717, 1.165) is 26.3 Å². The minimum Gasteiger partial charge on any atom is -0.397 e. The molecule has 2 rings (SSSR count). The summed E-state index contributed by atoms with van der Waals surface area (Å²) in [6, 6.07) is 7.25. The fourth-order valence-electron chi connectivity index (χ4n) is 1.43. The van der Waals surface area contributed by atoms with Crippen LogP contribution in [0.1, 0.15) is 6.92 Å². The summed E-state index contributed by atoms with van der Waals surface area (Å²) in [6.45, 7) is 7.45. The lowest BCUT2D eigenvalue weighted by Gasteiger charge is -2.24.